The van der Waals surface area contributed by atoms with Gasteiger partial charge in [0, 0.05) is 27.1 Å². The van der Waals surface area contributed by atoms with Crippen molar-refractivity contribution in [3.05, 3.63) is 103 Å². The number of methoxy groups -OCH3 is 1. The number of esters is 1. The molecule has 1 heterocycles. The second-order valence-corrected chi connectivity index (χ2v) is 20.0. The first kappa shape index (κ1) is 31.5. The van der Waals surface area contributed by atoms with Crippen LogP contribution in [-0.2, 0) is 18.8 Å². The Bertz CT molecular complexity index is 1220. The highest BCUT2D eigenvalue weighted by Gasteiger charge is 2.54. The highest BCUT2D eigenvalue weighted by atomic mass is 32.3. The van der Waals surface area contributed by atoms with Gasteiger partial charge in [-0.2, -0.15) is 0 Å². The average Bonchev–Trinajstić information content (AvgIpc) is 2.93. The summed E-state index contributed by atoms with van der Waals surface area (Å²) in [6.07, 6.45) is 0.483. The minimum Gasteiger partial charge on any atom is -0.469 e. The van der Waals surface area contributed by atoms with Gasteiger partial charge in [-0.15, -0.1) is 0 Å². The molecule has 5 nitrogen and oxygen atoms in total. The number of ether oxygens (including phenoxy) is 1. The van der Waals surface area contributed by atoms with Gasteiger partial charge < -0.3 is 14.1 Å². The molecular weight excluding hydrogens is 587 g/mol. The molecular formula is C32H37NO4S3Si. The van der Waals surface area contributed by atoms with Crippen molar-refractivity contribution >= 4 is 55.5 Å². The third-order valence-corrected chi connectivity index (χ3v) is 11.7. The van der Waals surface area contributed by atoms with Gasteiger partial charge in [0.1, 0.15) is 0 Å². The van der Waals surface area contributed by atoms with Crippen molar-refractivity contribution in [1.82, 2.24) is 4.90 Å². The predicted octanol–water partition coefficient (Wildman–Crippen LogP) is 8.31. The average molecular weight is 624 g/mol. The first-order chi connectivity index (χ1) is 19.6. The maximum atomic E-state index is 13.5. The lowest BCUT2D eigenvalue weighted by Gasteiger charge is -2.53. The summed E-state index contributed by atoms with van der Waals surface area (Å²) >= 11 is 5.17. The fraction of sp³-hybridized carbons (Fsp3) is 0.312. The van der Waals surface area contributed by atoms with Crippen molar-refractivity contribution in [2.75, 3.05) is 7.11 Å². The molecule has 0 spiro atoms. The number of carbonyl (C=O) groups excluding carboxylic acids is 2. The van der Waals surface area contributed by atoms with E-state index in [9.17, 15) is 9.59 Å². The van der Waals surface area contributed by atoms with E-state index < -0.39 is 18.0 Å². The molecule has 1 fully saturated rings. The van der Waals surface area contributed by atoms with Gasteiger partial charge in [-0.1, -0.05) is 102 Å². The molecule has 1 aliphatic heterocycles. The maximum Gasteiger partial charge on any atom is 0.309 e. The number of β-lactam (4-membered cyclic amide) rings is 1. The molecule has 3 aromatic carbocycles. The standard InChI is InChI=1S/C32H37NO4S3Si/c1-24(22-30(35)36-2)21-25-23-29(34)33(25)31(37-41(3,4)5)32(38-26-15-9-6-10-16-26,39-27-17-11-7-12-18-27)40-28-19-13-8-14-20-28/h6-20,25,31H,1,21-23H2,2-5H3/t25-,31?/m0/s1. The highest BCUT2D eigenvalue weighted by molar-refractivity contribution is 8.33. The molecule has 2 atom stereocenters. The number of likely N-dealkylation sites (tertiary alicyclic amines) is 1. The predicted molar refractivity (Wildman–Crippen MR) is 173 cm³/mol. The van der Waals surface area contributed by atoms with Crippen molar-refractivity contribution in [3.63, 3.8) is 0 Å². The second-order valence-electron chi connectivity index (χ2n) is 10.8. The molecule has 0 aromatic heterocycles. The summed E-state index contributed by atoms with van der Waals surface area (Å²) in [5, 5.41) is 0. The molecule has 1 saturated heterocycles. The smallest absolute Gasteiger partial charge is 0.309 e. The van der Waals surface area contributed by atoms with Crippen LogP contribution >= 0.6 is 35.3 Å². The monoisotopic (exact) mass is 623 g/mol. The number of nitrogens with zero attached hydrogens (tertiary/aromatic N) is 1. The van der Waals surface area contributed by atoms with E-state index in [1.54, 1.807) is 35.3 Å². The molecule has 4 rings (SSSR count). The molecule has 1 aliphatic rings. The molecule has 0 saturated carbocycles. The lowest BCUT2D eigenvalue weighted by atomic mass is 9.93. The fourth-order valence-corrected chi connectivity index (χ4v) is 10.6. The number of thioether (sulfide) groups is 3. The summed E-state index contributed by atoms with van der Waals surface area (Å²) in [5.41, 5.74) is 0.749. The van der Waals surface area contributed by atoms with Crippen LogP contribution in [0.1, 0.15) is 19.3 Å². The Hall–Kier alpha value is -2.43. The minimum atomic E-state index is -2.19. The van der Waals surface area contributed by atoms with Gasteiger partial charge in [0.25, 0.3) is 0 Å². The minimum absolute atomic E-state index is 0.0458. The zero-order valence-electron chi connectivity index (χ0n) is 23.9. The third-order valence-electron chi connectivity index (χ3n) is 6.27. The Labute approximate surface area is 257 Å². The number of rotatable bonds is 14. The van der Waals surface area contributed by atoms with E-state index in [1.165, 1.54) is 7.11 Å². The third kappa shape index (κ3) is 8.78. The lowest BCUT2D eigenvalue weighted by molar-refractivity contribution is -0.160. The molecule has 1 unspecified atom stereocenters. The van der Waals surface area contributed by atoms with E-state index in [0.717, 1.165) is 20.3 Å². The lowest BCUT2D eigenvalue weighted by Crippen LogP contribution is -2.64. The summed E-state index contributed by atoms with van der Waals surface area (Å²) in [4.78, 5) is 30.7. The van der Waals surface area contributed by atoms with Crippen LogP contribution in [0.15, 0.2) is 118 Å². The number of hydrogen-bond acceptors (Lipinski definition) is 7. The molecule has 0 aliphatic carbocycles. The molecule has 41 heavy (non-hydrogen) atoms. The van der Waals surface area contributed by atoms with Crippen molar-refractivity contribution in [3.8, 4) is 0 Å². The topological polar surface area (TPSA) is 55.8 Å². The van der Waals surface area contributed by atoms with E-state index in [1.807, 2.05) is 59.5 Å². The Morgan fingerprint density at radius 1 is 0.902 bits per heavy atom. The quantitative estimate of drug-likeness (QED) is 0.0447. The highest BCUT2D eigenvalue weighted by Crippen LogP contribution is 2.60. The Kier molecular flexibility index (Phi) is 10.9. The molecule has 216 valence electrons. The van der Waals surface area contributed by atoms with E-state index in [4.69, 9.17) is 9.16 Å². The maximum absolute atomic E-state index is 13.5. The number of amides is 1. The van der Waals surface area contributed by atoms with Crippen LogP contribution in [0, 0.1) is 0 Å². The van der Waals surface area contributed by atoms with Crippen LogP contribution < -0.4 is 0 Å². The summed E-state index contributed by atoms with van der Waals surface area (Å²) in [5.74, 6) is -0.278. The second kappa shape index (κ2) is 14.2. The first-order valence-corrected chi connectivity index (χ1v) is 19.4. The van der Waals surface area contributed by atoms with Gasteiger partial charge in [-0.3, -0.25) is 9.59 Å². The van der Waals surface area contributed by atoms with Crippen LogP contribution in [-0.4, -0.2) is 47.9 Å². The number of carbonyl (C=O) groups is 2. The molecule has 0 bridgehead atoms. The van der Waals surface area contributed by atoms with Crippen LogP contribution in [0.3, 0.4) is 0 Å². The van der Waals surface area contributed by atoms with Gasteiger partial charge in [-0.05, 0) is 62.5 Å². The van der Waals surface area contributed by atoms with Gasteiger partial charge in [0.2, 0.25) is 5.91 Å². The van der Waals surface area contributed by atoms with Crippen molar-refractivity contribution in [2.24, 2.45) is 0 Å². The van der Waals surface area contributed by atoms with Crippen molar-refractivity contribution in [1.29, 1.82) is 0 Å². The van der Waals surface area contributed by atoms with Crippen LogP contribution in [0.2, 0.25) is 19.6 Å². The van der Waals surface area contributed by atoms with Crippen molar-refractivity contribution < 1.29 is 18.8 Å². The van der Waals surface area contributed by atoms with E-state index >= 15 is 0 Å². The van der Waals surface area contributed by atoms with Crippen LogP contribution in [0.25, 0.3) is 0 Å². The van der Waals surface area contributed by atoms with Crippen LogP contribution in [0.5, 0.6) is 0 Å². The summed E-state index contributed by atoms with van der Waals surface area (Å²) < 4.78 is 11.2. The number of benzene rings is 3. The largest absolute Gasteiger partial charge is 0.469 e. The number of hydrogen-bond donors (Lipinski definition) is 0. The Balaban J connectivity index is 1.83. The van der Waals surface area contributed by atoms with E-state index in [0.29, 0.717) is 12.8 Å². The van der Waals surface area contributed by atoms with Crippen molar-refractivity contribution in [2.45, 2.75) is 69.3 Å². The van der Waals surface area contributed by atoms with E-state index in [-0.39, 0.29) is 24.3 Å². The molecule has 3 aromatic rings. The first-order valence-electron chi connectivity index (χ1n) is 13.5. The summed E-state index contributed by atoms with van der Waals surface area (Å²) in [7, 11) is -0.810. The van der Waals surface area contributed by atoms with Crippen LogP contribution in [0.4, 0.5) is 0 Å². The van der Waals surface area contributed by atoms with Gasteiger partial charge in [0.05, 0.1) is 13.5 Å². The van der Waals surface area contributed by atoms with Gasteiger partial charge in [-0.25, -0.2) is 0 Å². The van der Waals surface area contributed by atoms with Gasteiger partial charge >= 0.3 is 5.97 Å². The Morgan fingerprint density at radius 2 is 1.34 bits per heavy atom. The molecule has 9 heteroatoms. The normalized spacial score (nSPS) is 16.1. The molecule has 0 radical (unpaired) electrons. The fourth-order valence-electron chi connectivity index (χ4n) is 4.48. The Morgan fingerprint density at radius 3 is 1.71 bits per heavy atom. The molecule has 1 amide bonds. The van der Waals surface area contributed by atoms with E-state index in [2.05, 4.69) is 62.6 Å². The summed E-state index contributed by atoms with van der Waals surface area (Å²) in [6.45, 7) is 10.6. The summed E-state index contributed by atoms with van der Waals surface area (Å²) in [6, 6.07) is 30.8. The molecule has 0 N–H and O–H groups in total. The SMILES string of the molecule is C=C(CC(=O)OC)C[C@H]1CC(=O)N1C(O[Si](C)(C)C)C(Sc1ccccc1)(Sc1ccccc1)Sc1ccccc1. The zero-order chi connectivity index (χ0) is 29.5. The zero-order valence-corrected chi connectivity index (χ0v) is 27.4. The van der Waals surface area contributed by atoms with Gasteiger partial charge in [0.15, 0.2) is 18.0 Å².